The zero-order valence-electron chi connectivity index (χ0n) is 13.6. The molecule has 0 bridgehead atoms. The second-order valence-electron chi connectivity index (χ2n) is 6.69. The van der Waals surface area contributed by atoms with Crippen LogP contribution in [0.5, 0.6) is 0 Å². The molecule has 0 saturated heterocycles. The Hall–Kier alpha value is -1.81. The molecule has 3 nitrogen and oxygen atoms in total. The number of hydrogen-bond acceptors (Lipinski definition) is 3. The van der Waals surface area contributed by atoms with Crippen molar-refractivity contribution in [3.05, 3.63) is 51.4 Å². The maximum Gasteiger partial charge on any atom is 0.256 e. The molecule has 1 amide bonds. The first kappa shape index (κ1) is 14.8. The molecular weight excluding hydrogens is 304 g/mol. The van der Waals surface area contributed by atoms with Crippen LogP contribution in [0, 0.1) is 12.8 Å². The topological polar surface area (TPSA) is 41.1 Å². The molecule has 23 heavy (non-hydrogen) atoms. The molecule has 0 spiro atoms. The molecule has 1 aliphatic heterocycles. The maximum absolute atomic E-state index is 12.7. The molecule has 2 N–H and O–H groups in total. The molecule has 0 unspecified atom stereocenters. The lowest BCUT2D eigenvalue weighted by Gasteiger charge is -2.27. The summed E-state index contributed by atoms with van der Waals surface area (Å²) in [5, 5.41) is 7.72. The number of anilines is 1. The van der Waals surface area contributed by atoms with Gasteiger partial charge in [0.1, 0.15) is 11.2 Å². The second-order valence-corrected chi connectivity index (χ2v) is 7.79. The first-order chi connectivity index (χ1) is 11.2. The Balaban J connectivity index is 1.66. The number of carbonyl (C=O) groups is 1. The van der Waals surface area contributed by atoms with Gasteiger partial charge in [-0.15, -0.1) is 11.3 Å². The van der Waals surface area contributed by atoms with E-state index in [1.807, 2.05) is 0 Å². The Bertz CT molecular complexity index is 747. The lowest BCUT2D eigenvalue weighted by atomic mass is 9.85. The Labute approximate surface area is 141 Å². The van der Waals surface area contributed by atoms with Crippen LogP contribution < -0.4 is 10.6 Å². The SMILES string of the molecule is CC[C@H]1CCc2c(sc3c2C(=O)N[C@@H](c2ccc(C)cc2)N3)C1. The number of benzene rings is 1. The van der Waals surface area contributed by atoms with Gasteiger partial charge in [0.2, 0.25) is 0 Å². The minimum Gasteiger partial charge on any atom is -0.353 e. The quantitative estimate of drug-likeness (QED) is 0.857. The summed E-state index contributed by atoms with van der Waals surface area (Å²) >= 11 is 1.79. The zero-order chi connectivity index (χ0) is 16.0. The molecule has 2 atom stereocenters. The number of amides is 1. The molecule has 2 heterocycles. The number of rotatable bonds is 2. The molecule has 0 saturated carbocycles. The van der Waals surface area contributed by atoms with E-state index >= 15 is 0 Å². The van der Waals surface area contributed by atoms with E-state index in [-0.39, 0.29) is 12.1 Å². The van der Waals surface area contributed by atoms with Crippen molar-refractivity contribution in [1.82, 2.24) is 5.32 Å². The molecular formula is C19H22N2OS. The van der Waals surface area contributed by atoms with Gasteiger partial charge in [0.05, 0.1) is 5.56 Å². The number of hydrogen-bond donors (Lipinski definition) is 2. The summed E-state index contributed by atoms with van der Waals surface area (Å²) in [5.41, 5.74) is 4.53. The highest BCUT2D eigenvalue weighted by molar-refractivity contribution is 7.16. The predicted molar refractivity (Wildman–Crippen MR) is 95.1 cm³/mol. The van der Waals surface area contributed by atoms with Crippen molar-refractivity contribution in [2.45, 2.75) is 45.7 Å². The van der Waals surface area contributed by atoms with Gasteiger partial charge in [0.25, 0.3) is 5.91 Å². The van der Waals surface area contributed by atoms with Gasteiger partial charge in [-0.3, -0.25) is 4.79 Å². The molecule has 4 heteroatoms. The third-order valence-electron chi connectivity index (χ3n) is 5.13. The van der Waals surface area contributed by atoms with Gasteiger partial charge in [-0.05, 0) is 43.2 Å². The van der Waals surface area contributed by atoms with Crippen molar-refractivity contribution < 1.29 is 4.79 Å². The summed E-state index contributed by atoms with van der Waals surface area (Å²) in [5.74, 6) is 0.857. The fourth-order valence-corrected chi connectivity index (χ4v) is 5.03. The summed E-state index contributed by atoms with van der Waals surface area (Å²) in [7, 11) is 0. The normalized spacial score (nSPS) is 22.8. The predicted octanol–water partition coefficient (Wildman–Crippen LogP) is 4.43. The molecule has 120 valence electrons. The van der Waals surface area contributed by atoms with Crippen molar-refractivity contribution in [3.8, 4) is 0 Å². The maximum atomic E-state index is 12.7. The Morgan fingerprint density at radius 3 is 2.74 bits per heavy atom. The lowest BCUT2D eigenvalue weighted by Crippen LogP contribution is -2.38. The van der Waals surface area contributed by atoms with Crippen LogP contribution in [-0.2, 0) is 12.8 Å². The third-order valence-corrected chi connectivity index (χ3v) is 6.32. The number of aryl methyl sites for hydroxylation is 1. The van der Waals surface area contributed by atoms with E-state index in [0.717, 1.165) is 34.9 Å². The van der Waals surface area contributed by atoms with Crippen molar-refractivity contribution in [2.75, 3.05) is 5.32 Å². The van der Waals surface area contributed by atoms with Crippen LogP contribution in [0.3, 0.4) is 0 Å². The lowest BCUT2D eigenvalue weighted by molar-refractivity contribution is 0.0935. The molecule has 2 aromatic rings. The van der Waals surface area contributed by atoms with Crippen molar-refractivity contribution in [2.24, 2.45) is 5.92 Å². The first-order valence-corrected chi connectivity index (χ1v) is 9.26. The molecule has 2 aliphatic rings. The van der Waals surface area contributed by atoms with Gasteiger partial charge in [-0.25, -0.2) is 0 Å². The average Bonchev–Trinajstić information content (AvgIpc) is 2.93. The zero-order valence-corrected chi connectivity index (χ0v) is 14.4. The summed E-state index contributed by atoms with van der Waals surface area (Å²) in [6.07, 6.45) is 4.49. The van der Waals surface area contributed by atoms with Crippen LogP contribution in [0.25, 0.3) is 0 Å². The van der Waals surface area contributed by atoms with Gasteiger partial charge < -0.3 is 10.6 Å². The largest absolute Gasteiger partial charge is 0.353 e. The molecule has 0 radical (unpaired) electrons. The molecule has 0 fully saturated rings. The highest BCUT2D eigenvalue weighted by Gasteiger charge is 2.33. The van der Waals surface area contributed by atoms with E-state index in [4.69, 9.17) is 0 Å². The van der Waals surface area contributed by atoms with Crippen LogP contribution in [-0.4, -0.2) is 5.91 Å². The fraction of sp³-hybridized carbons (Fsp3) is 0.421. The van der Waals surface area contributed by atoms with Crippen LogP contribution in [0.4, 0.5) is 5.00 Å². The monoisotopic (exact) mass is 326 g/mol. The first-order valence-electron chi connectivity index (χ1n) is 8.44. The van der Waals surface area contributed by atoms with E-state index in [1.165, 1.54) is 28.8 Å². The Kier molecular flexibility index (Phi) is 3.64. The summed E-state index contributed by atoms with van der Waals surface area (Å²) < 4.78 is 0. The van der Waals surface area contributed by atoms with Gasteiger partial charge in [0, 0.05) is 4.88 Å². The van der Waals surface area contributed by atoms with E-state index in [9.17, 15) is 4.79 Å². The number of fused-ring (bicyclic) bond motifs is 3. The van der Waals surface area contributed by atoms with Crippen LogP contribution in [0.15, 0.2) is 24.3 Å². The highest BCUT2D eigenvalue weighted by atomic mass is 32.1. The Morgan fingerprint density at radius 1 is 1.22 bits per heavy atom. The fourth-order valence-electron chi connectivity index (χ4n) is 3.64. The van der Waals surface area contributed by atoms with Crippen molar-refractivity contribution >= 4 is 22.2 Å². The van der Waals surface area contributed by atoms with E-state index in [0.29, 0.717) is 0 Å². The summed E-state index contributed by atoms with van der Waals surface area (Å²) in [4.78, 5) is 14.1. The minimum absolute atomic E-state index is 0.0803. The molecule has 1 aromatic heterocycles. The van der Waals surface area contributed by atoms with Gasteiger partial charge >= 0.3 is 0 Å². The molecule has 4 rings (SSSR count). The summed E-state index contributed by atoms with van der Waals surface area (Å²) in [6, 6.07) is 8.34. The van der Waals surface area contributed by atoms with Crippen molar-refractivity contribution in [3.63, 3.8) is 0 Å². The van der Waals surface area contributed by atoms with E-state index in [2.05, 4.69) is 48.7 Å². The number of carbonyl (C=O) groups excluding carboxylic acids is 1. The van der Waals surface area contributed by atoms with Crippen LogP contribution in [0.1, 0.15) is 57.9 Å². The van der Waals surface area contributed by atoms with Crippen LogP contribution >= 0.6 is 11.3 Å². The smallest absolute Gasteiger partial charge is 0.256 e. The standard InChI is InChI=1S/C19H22N2OS/c1-3-12-6-9-14-15(10-12)23-19-16(14)18(22)20-17(21-19)13-7-4-11(2)5-8-13/h4-5,7-8,12,17,21H,3,6,9-10H2,1-2H3,(H,20,22)/t12-,17+/m0/s1. The van der Waals surface area contributed by atoms with E-state index < -0.39 is 0 Å². The highest BCUT2D eigenvalue weighted by Crippen LogP contribution is 2.43. The van der Waals surface area contributed by atoms with Gasteiger partial charge in [-0.2, -0.15) is 0 Å². The van der Waals surface area contributed by atoms with Gasteiger partial charge in [0.15, 0.2) is 0 Å². The van der Waals surface area contributed by atoms with E-state index in [1.54, 1.807) is 11.3 Å². The van der Waals surface area contributed by atoms with Crippen molar-refractivity contribution in [1.29, 1.82) is 0 Å². The average molecular weight is 326 g/mol. The molecule has 1 aliphatic carbocycles. The summed E-state index contributed by atoms with van der Waals surface area (Å²) in [6.45, 7) is 4.34. The Morgan fingerprint density at radius 2 is 2.00 bits per heavy atom. The van der Waals surface area contributed by atoms with Crippen LogP contribution in [0.2, 0.25) is 0 Å². The second kappa shape index (κ2) is 5.68. The number of nitrogens with one attached hydrogen (secondary N) is 2. The minimum atomic E-state index is -0.127. The number of thiophene rings is 1. The molecule has 1 aromatic carbocycles. The van der Waals surface area contributed by atoms with Gasteiger partial charge in [-0.1, -0.05) is 43.2 Å². The third kappa shape index (κ3) is 2.55.